The monoisotopic (exact) mass is 1030 g/mol. The van der Waals surface area contributed by atoms with Gasteiger partial charge in [-0.25, -0.2) is 4.79 Å². The second-order valence-corrected chi connectivity index (χ2v) is 17.4. The summed E-state index contributed by atoms with van der Waals surface area (Å²) in [5.41, 5.74) is 17.9. The van der Waals surface area contributed by atoms with Crippen LogP contribution in [0.25, 0.3) is 0 Å². The molecule has 0 fully saturated rings. The fourth-order valence-corrected chi connectivity index (χ4v) is 6.72. The third kappa shape index (κ3) is 22.7. The molecule has 9 amide bonds. The SMILES string of the molecule is C[C@H](NC(=O)[C@H](C)NC(=O)[C@H](CC(F)(F)F)NC(=O)[C@H](C)NC(=O)[C@H](Cc1ccccc1)NC(=O)[C@H](C)NC(=O)[C@H](C)NC(=O)[C@H](CCCCN)NC(=O)c1ccc(N)cc1)C(=O)N[C@@H](CCCCN)C(=O)O. The van der Waals surface area contributed by atoms with Gasteiger partial charge in [0.05, 0.1) is 6.42 Å². The smallest absolute Gasteiger partial charge is 0.391 e. The van der Waals surface area contributed by atoms with E-state index in [0.717, 1.165) is 13.8 Å². The van der Waals surface area contributed by atoms with E-state index in [1.807, 2.05) is 10.6 Å². The molecule has 16 N–H and O–H groups in total. The molecule has 0 unspecified atom stereocenters. The number of halogens is 3. The van der Waals surface area contributed by atoms with E-state index in [2.05, 4.69) is 37.2 Å². The van der Waals surface area contributed by atoms with Crippen molar-refractivity contribution < 1.29 is 66.2 Å². The molecule has 26 heteroatoms. The number of alkyl halides is 3. The summed E-state index contributed by atoms with van der Waals surface area (Å²) >= 11 is 0. The highest BCUT2D eigenvalue weighted by atomic mass is 19.4. The fourth-order valence-electron chi connectivity index (χ4n) is 6.72. The summed E-state index contributed by atoms with van der Waals surface area (Å²) in [6.07, 6.45) is -4.99. The lowest BCUT2D eigenvalue weighted by molar-refractivity contribution is -0.152. The molecule has 9 atom stereocenters. The van der Waals surface area contributed by atoms with Gasteiger partial charge in [0.15, 0.2) is 0 Å². The summed E-state index contributed by atoms with van der Waals surface area (Å²) in [6, 6.07) is 0.926. The zero-order valence-electron chi connectivity index (χ0n) is 41.4. The first-order valence-corrected chi connectivity index (χ1v) is 23.6. The molecule has 0 aliphatic heterocycles. The van der Waals surface area contributed by atoms with E-state index in [-0.39, 0.29) is 24.8 Å². The Labute approximate surface area is 420 Å². The molecule has 2 aromatic carbocycles. The van der Waals surface area contributed by atoms with Crippen LogP contribution in [0.3, 0.4) is 0 Å². The van der Waals surface area contributed by atoms with Crippen molar-refractivity contribution in [3.8, 4) is 0 Å². The summed E-state index contributed by atoms with van der Waals surface area (Å²) in [6.45, 7) is 6.65. The summed E-state index contributed by atoms with van der Waals surface area (Å²) in [5.74, 6) is -9.97. The lowest BCUT2D eigenvalue weighted by atomic mass is 10.0. The molecule has 0 aliphatic carbocycles. The van der Waals surface area contributed by atoms with Gasteiger partial charge in [0.1, 0.15) is 54.4 Å². The Hall–Kier alpha value is -7.35. The lowest BCUT2D eigenvalue weighted by Gasteiger charge is -2.26. The summed E-state index contributed by atoms with van der Waals surface area (Å²) < 4.78 is 41.2. The number of hydrogen-bond donors (Lipinski definition) is 13. The molecule has 0 bridgehead atoms. The highest BCUT2D eigenvalue weighted by molar-refractivity contribution is 6.00. The molecule has 73 heavy (non-hydrogen) atoms. The molecule has 0 radical (unpaired) electrons. The fraction of sp³-hybridized carbons (Fsp3) is 0.532. The average molecular weight is 1040 g/mol. The normalized spacial score (nSPS) is 14.9. The Morgan fingerprint density at radius 3 is 1.27 bits per heavy atom. The number of carbonyl (C=O) groups is 10. The number of aliphatic carboxylic acids is 1. The molecule has 23 nitrogen and oxygen atoms in total. The summed E-state index contributed by atoms with van der Waals surface area (Å²) in [4.78, 5) is 130. The topological polar surface area (TPSA) is 377 Å². The molecule has 2 aromatic rings. The quantitative estimate of drug-likeness (QED) is 0.0326. The Balaban J connectivity index is 2.13. The Morgan fingerprint density at radius 1 is 0.479 bits per heavy atom. The molecule has 404 valence electrons. The van der Waals surface area contributed by atoms with Gasteiger partial charge in [-0.15, -0.1) is 0 Å². The van der Waals surface area contributed by atoms with Crippen LogP contribution in [0, 0.1) is 0 Å². The van der Waals surface area contributed by atoms with E-state index in [0.29, 0.717) is 50.0 Å². The predicted molar refractivity (Wildman–Crippen MR) is 260 cm³/mol. The zero-order valence-corrected chi connectivity index (χ0v) is 41.4. The molecule has 0 saturated carbocycles. The largest absolute Gasteiger partial charge is 0.480 e. The van der Waals surface area contributed by atoms with Crippen LogP contribution in [0.1, 0.15) is 95.5 Å². The van der Waals surface area contributed by atoms with Crippen molar-refractivity contribution >= 4 is 64.8 Å². The first-order valence-electron chi connectivity index (χ1n) is 23.6. The second kappa shape index (κ2) is 30.5. The molecule has 0 aliphatic rings. The molecule has 0 heterocycles. The molecule has 0 saturated heterocycles. The number of carbonyl (C=O) groups excluding carboxylic acids is 9. The Morgan fingerprint density at radius 2 is 0.849 bits per heavy atom. The number of benzene rings is 2. The number of nitrogen functional groups attached to an aromatic ring is 1. The van der Waals surface area contributed by atoms with Crippen LogP contribution in [-0.2, 0) is 49.6 Å². The van der Waals surface area contributed by atoms with Crippen LogP contribution >= 0.6 is 0 Å². The van der Waals surface area contributed by atoms with Crippen molar-refractivity contribution in [3.63, 3.8) is 0 Å². The van der Waals surface area contributed by atoms with Crippen molar-refractivity contribution in [2.45, 2.75) is 147 Å². The Bertz CT molecular complexity index is 2210. The number of hydrogen-bond acceptors (Lipinski definition) is 13. The minimum atomic E-state index is -5.03. The van der Waals surface area contributed by atoms with E-state index in [1.165, 1.54) is 45.0 Å². The first kappa shape index (κ1) is 61.8. The second-order valence-electron chi connectivity index (χ2n) is 17.4. The van der Waals surface area contributed by atoms with E-state index < -0.39 is 126 Å². The van der Waals surface area contributed by atoms with Crippen LogP contribution in [-0.4, -0.2) is 138 Å². The van der Waals surface area contributed by atoms with Crippen LogP contribution < -0.4 is 65.1 Å². The number of nitrogens with one attached hydrogen (secondary N) is 9. The van der Waals surface area contributed by atoms with E-state index in [1.54, 1.807) is 30.3 Å². The van der Waals surface area contributed by atoms with Crippen LogP contribution in [0.5, 0.6) is 0 Å². The number of anilines is 1. The van der Waals surface area contributed by atoms with Crippen molar-refractivity contribution in [1.82, 2.24) is 47.9 Å². The van der Waals surface area contributed by atoms with Crippen LogP contribution in [0.2, 0.25) is 0 Å². The van der Waals surface area contributed by atoms with Crippen LogP contribution in [0.15, 0.2) is 54.6 Å². The summed E-state index contributed by atoms with van der Waals surface area (Å²) in [5, 5.41) is 30.3. The highest BCUT2D eigenvalue weighted by Crippen LogP contribution is 2.22. The third-order valence-electron chi connectivity index (χ3n) is 11.0. The molecular weight excluding hydrogens is 966 g/mol. The van der Waals surface area contributed by atoms with E-state index in [9.17, 15) is 66.2 Å². The highest BCUT2D eigenvalue weighted by Gasteiger charge is 2.38. The van der Waals surface area contributed by atoms with Gasteiger partial charge in [0.25, 0.3) is 5.91 Å². The zero-order chi connectivity index (χ0) is 55.0. The minimum Gasteiger partial charge on any atom is -0.480 e. The lowest BCUT2D eigenvalue weighted by Crippen LogP contribution is -2.60. The maximum absolute atomic E-state index is 13.7. The predicted octanol–water partition coefficient (Wildman–Crippen LogP) is -1.12. The number of nitrogens with two attached hydrogens (primary N) is 3. The van der Waals surface area contributed by atoms with Crippen molar-refractivity contribution in [2.75, 3.05) is 18.8 Å². The maximum atomic E-state index is 13.7. The standard InChI is InChI=1S/C47H69F3N12O11/c1-25(56-43(69)33(15-9-11-21-51)59-42(68)31-17-19-32(53)20-18-31)37(63)55-28(4)40(66)61-35(23-30-13-7-6-8-14-30)44(70)57-29(5)41(67)62-36(24-47(48,49)50)45(71)58-26(2)38(64)54-27(3)39(65)60-34(46(72)73)16-10-12-22-52/h6-8,13-14,17-20,25-29,33-36H,9-12,15-16,21-24,51-53H2,1-5H3,(H,54,64)(H,55,63)(H,56,69)(H,57,70)(H,58,71)(H,59,68)(H,60,65)(H,61,66)(H,62,67)(H,72,73)/t25-,26-,27-,28-,29-,33-,34-,35-,36-/m0/s1. The molecule has 0 spiro atoms. The van der Waals surface area contributed by atoms with Gasteiger partial charge in [-0.05, 0) is 116 Å². The molecule has 0 aromatic heterocycles. The van der Waals surface area contributed by atoms with Gasteiger partial charge in [-0.2, -0.15) is 13.2 Å². The number of unbranched alkanes of at least 4 members (excludes halogenated alkanes) is 2. The summed E-state index contributed by atoms with van der Waals surface area (Å²) in [7, 11) is 0. The first-order chi connectivity index (χ1) is 34.3. The van der Waals surface area contributed by atoms with Crippen molar-refractivity contribution in [3.05, 3.63) is 65.7 Å². The van der Waals surface area contributed by atoms with Gasteiger partial charge in [-0.3, -0.25) is 43.2 Å². The third-order valence-corrected chi connectivity index (χ3v) is 11.0. The van der Waals surface area contributed by atoms with Crippen LogP contribution in [0.4, 0.5) is 18.9 Å². The number of rotatable bonds is 30. The average Bonchev–Trinajstić information content (AvgIpc) is 3.32. The number of amides is 9. The minimum absolute atomic E-state index is 0.0484. The molecular formula is C47H69F3N12O11. The number of carboxylic acid groups (broad SMARTS) is 1. The van der Waals surface area contributed by atoms with E-state index >= 15 is 0 Å². The number of carboxylic acids is 1. The van der Waals surface area contributed by atoms with Gasteiger partial charge >= 0.3 is 12.1 Å². The van der Waals surface area contributed by atoms with Gasteiger partial charge < -0.3 is 70.2 Å². The van der Waals surface area contributed by atoms with Gasteiger partial charge in [0, 0.05) is 17.7 Å². The van der Waals surface area contributed by atoms with Gasteiger partial charge in [0.2, 0.25) is 47.3 Å². The maximum Gasteiger partial charge on any atom is 0.391 e. The van der Waals surface area contributed by atoms with E-state index in [4.69, 9.17) is 17.2 Å². The Kier molecular flexibility index (Phi) is 25.8. The van der Waals surface area contributed by atoms with Crippen molar-refractivity contribution in [2.24, 2.45) is 11.5 Å². The van der Waals surface area contributed by atoms with Gasteiger partial charge in [-0.1, -0.05) is 30.3 Å². The van der Waals surface area contributed by atoms with Crippen molar-refractivity contribution in [1.29, 1.82) is 0 Å². The molecule has 2 rings (SSSR count).